The maximum Gasteiger partial charge on any atom is 0.254 e. The number of methoxy groups -OCH3 is 1. The monoisotopic (exact) mass is 626 g/mol. The van der Waals surface area contributed by atoms with Crippen molar-refractivity contribution in [2.45, 2.75) is 51.8 Å². The molecule has 3 aromatic carbocycles. The maximum atomic E-state index is 14.1. The normalized spacial score (nSPS) is 12.3. The van der Waals surface area contributed by atoms with Crippen molar-refractivity contribution in [2.75, 3.05) is 26.7 Å². The Hall–Kier alpha value is -3.99. The predicted molar refractivity (Wildman–Crippen MR) is 168 cm³/mol. The smallest absolute Gasteiger partial charge is 0.254 e. The van der Waals surface area contributed by atoms with Crippen LogP contribution < -0.4 is 16.2 Å². The Bertz CT molecular complexity index is 1440. The van der Waals surface area contributed by atoms with E-state index in [0.29, 0.717) is 30.0 Å². The average Bonchev–Trinajstić information content (AvgIpc) is 2.99. The molecular weight excluding hydrogens is 587 g/mol. The number of primary amides is 1. The standard InChI is InChI=1S/C33H40ClFN4O5/c1-4-9-38(10-5-2)32(42)24-15-23(31(37)41)16-25(17-24)33(43)39(19-21-7-6-8-28(13-21)44-3)20-30(40)29(36)14-22-11-26(34)18-27(35)12-22/h6-8,11-13,15-18,29-30,40H,4-5,9-10,14,19-20,36H2,1-3H3,(H2,37,41)/t29-,30+/m0/s1. The molecule has 0 spiro atoms. The van der Waals surface area contributed by atoms with Gasteiger partial charge in [0.05, 0.1) is 13.2 Å². The third kappa shape index (κ3) is 9.51. The molecule has 5 N–H and O–H groups in total. The Balaban J connectivity index is 1.98. The summed E-state index contributed by atoms with van der Waals surface area (Å²) in [5, 5.41) is 11.3. The lowest BCUT2D eigenvalue weighted by molar-refractivity contribution is 0.0554. The SMILES string of the molecule is CCCN(CCC)C(=O)c1cc(C(N)=O)cc(C(=O)N(Cc2cccc(OC)c2)C[C@@H](O)[C@@H](N)Cc2cc(F)cc(Cl)c2)c1. The summed E-state index contributed by atoms with van der Waals surface area (Å²) >= 11 is 5.98. The van der Waals surface area contributed by atoms with Crippen LogP contribution in [0.5, 0.6) is 5.75 Å². The Morgan fingerprint density at radius 1 is 0.909 bits per heavy atom. The molecule has 236 valence electrons. The number of nitrogens with two attached hydrogens (primary N) is 2. The number of nitrogens with zero attached hydrogens (tertiary/aromatic N) is 2. The summed E-state index contributed by atoms with van der Waals surface area (Å²) in [6, 6.07) is 14.4. The lowest BCUT2D eigenvalue weighted by atomic mass is 10.00. The van der Waals surface area contributed by atoms with Gasteiger partial charge in [-0.1, -0.05) is 37.6 Å². The van der Waals surface area contributed by atoms with Crippen LogP contribution in [0.25, 0.3) is 0 Å². The highest BCUT2D eigenvalue weighted by atomic mass is 35.5. The highest BCUT2D eigenvalue weighted by Crippen LogP contribution is 2.21. The topological polar surface area (TPSA) is 139 Å². The van der Waals surface area contributed by atoms with Crippen molar-refractivity contribution in [2.24, 2.45) is 11.5 Å². The maximum absolute atomic E-state index is 14.1. The van der Waals surface area contributed by atoms with Gasteiger partial charge in [0.2, 0.25) is 5.91 Å². The lowest BCUT2D eigenvalue weighted by Crippen LogP contribution is -2.46. The van der Waals surface area contributed by atoms with Crippen LogP contribution in [0.3, 0.4) is 0 Å². The van der Waals surface area contributed by atoms with Gasteiger partial charge < -0.3 is 31.1 Å². The van der Waals surface area contributed by atoms with Crippen LogP contribution in [0, 0.1) is 5.82 Å². The van der Waals surface area contributed by atoms with E-state index >= 15 is 0 Å². The zero-order valence-corrected chi connectivity index (χ0v) is 26.0. The van der Waals surface area contributed by atoms with Gasteiger partial charge in [0.25, 0.3) is 11.8 Å². The summed E-state index contributed by atoms with van der Waals surface area (Å²) in [6.07, 6.45) is 0.347. The molecule has 0 unspecified atom stereocenters. The van der Waals surface area contributed by atoms with Crippen molar-refractivity contribution in [1.29, 1.82) is 0 Å². The molecule has 0 aromatic heterocycles. The van der Waals surface area contributed by atoms with Gasteiger partial charge in [-0.25, -0.2) is 4.39 Å². The molecule has 0 aliphatic heterocycles. The van der Waals surface area contributed by atoms with Crippen LogP contribution in [0.2, 0.25) is 5.02 Å². The zero-order chi connectivity index (χ0) is 32.4. The molecule has 2 atom stereocenters. The van der Waals surface area contributed by atoms with E-state index in [1.54, 1.807) is 35.2 Å². The lowest BCUT2D eigenvalue weighted by Gasteiger charge is -2.29. The van der Waals surface area contributed by atoms with Gasteiger partial charge in [-0.3, -0.25) is 14.4 Å². The Kier molecular flexibility index (Phi) is 12.7. The fourth-order valence-corrected chi connectivity index (χ4v) is 5.19. The molecule has 3 amide bonds. The fraction of sp³-hybridized carbons (Fsp3) is 0.364. The van der Waals surface area contributed by atoms with Gasteiger partial charge in [0.1, 0.15) is 11.6 Å². The van der Waals surface area contributed by atoms with Gasteiger partial charge in [0, 0.05) is 53.9 Å². The summed E-state index contributed by atoms with van der Waals surface area (Å²) in [5.41, 5.74) is 13.3. The summed E-state index contributed by atoms with van der Waals surface area (Å²) in [5.74, 6) is -1.62. The molecule has 3 aromatic rings. The van der Waals surface area contributed by atoms with Crippen molar-refractivity contribution in [3.8, 4) is 5.75 Å². The molecular formula is C33H40ClFN4O5. The third-order valence-corrected chi connectivity index (χ3v) is 7.29. The Morgan fingerprint density at radius 2 is 1.52 bits per heavy atom. The number of carbonyl (C=O) groups is 3. The second-order valence-corrected chi connectivity index (χ2v) is 11.1. The summed E-state index contributed by atoms with van der Waals surface area (Å²) in [7, 11) is 1.53. The highest BCUT2D eigenvalue weighted by Gasteiger charge is 2.26. The summed E-state index contributed by atoms with van der Waals surface area (Å²) < 4.78 is 19.2. The minimum Gasteiger partial charge on any atom is -0.497 e. The molecule has 0 fully saturated rings. The van der Waals surface area contributed by atoms with E-state index in [4.69, 9.17) is 27.8 Å². The van der Waals surface area contributed by atoms with Crippen LogP contribution >= 0.6 is 11.6 Å². The number of ether oxygens (including phenoxy) is 1. The van der Waals surface area contributed by atoms with Crippen molar-refractivity contribution in [1.82, 2.24) is 9.80 Å². The minimum atomic E-state index is -1.23. The van der Waals surface area contributed by atoms with E-state index in [1.807, 2.05) is 13.8 Å². The molecule has 11 heteroatoms. The fourth-order valence-electron chi connectivity index (χ4n) is 4.95. The second-order valence-electron chi connectivity index (χ2n) is 10.7. The van der Waals surface area contributed by atoms with E-state index in [9.17, 15) is 23.9 Å². The van der Waals surface area contributed by atoms with Crippen molar-refractivity contribution < 1.29 is 28.6 Å². The van der Waals surface area contributed by atoms with Crippen LogP contribution in [-0.2, 0) is 13.0 Å². The Morgan fingerprint density at radius 3 is 2.09 bits per heavy atom. The largest absolute Gasteiger partial charge is 0.497 e. The number of carbonyl (C=O) groups excluding carboxylic acids is 3. The average molecular weight is 627 g/mol. The van der Waals surface area contributed by atoms with E-state index in [-0.39, 0.29) is 47.1 Å². The first-order valence-corrected chi connectivity index (χ1v) is 14.9. The van der Waals surface area contributed by atoms with Crippen LogP contribution in [0.15, 0.2) is 60.7 Å². The van der Waals surface area contributed by atoms with Crippen LogP contribution in [-0.4, -0.2) is 71.5 Å². The molecule has 3 rings (SSSR count). The number of aliphatic hydroxyl groups excluding tert-OH is 1. The summed E-state index contributed by atoms with van der Waals surface area (Å²) in [4.78, 5) is 42.8. The molecule has 0 aliphatic carbocycles. The van der Waals surface area contributed by atoms with E-state index in [0.717, 1.165) is 12.8 Å². The molecule has 9 nitrogen and oxygen atoms in total. The molecule has 0 saturated carbocycles. The first-order chi connectivity index (χ1) is 20.9. The number of hydrogen-bond acceptors (Lipinski definition) is 6. The summed E-state index contributed by atoms with van der Waals surface area (Å²) in [6.45, 7) is 4.79. The second kappa shape index (κ2) is 16.2. The molecule has 0 heterocycles. The van der Waals surface area contributed by atoms with E-state index in [2.05, 4.69) is 0 Å². The van der Waals surface area contributed by atoms with Crippen molar-refractivity contribution in [3.05, 3.63) is 99.3 Å². The van der Waals surface area contributed by atoms with Gasteiger partial charge in [-0.2, -0.15) is 0 Å². The van der Waals surface area contributed by atoms with Crippen LogP contribution in [0.4, 0.5) is 4.39 Å². The molecule has 0 bridgehead atoms. The third-order valence-electron chi connectivity index (χ3n) is 7.08. The highest BCUT2D eigenvalue weighted by molar-refractivity contribution is 6.30. The molecule has 0 saturated heterocycles. The van der Waals surface area contributed by atoms with Gasteiger partial charge >= 0.3 is 0 Å². The first-order valence-electron chi connectivity index (χ1n) is 14.5. The predicted octanol–water partition coefficient (Wildman–Crippen LogP) is 4.42. The number of aliphatic hydroxyl groups is 1. The van der Waals surface area contributed by atoms with Gasteiger partial charge in [0.15, 0.2) is 0 Å². The Labute approximate surface area is 262 Å². The number of benzene rings is 3. The number of amides is 3. The van der Waals surface area contributed by atoms with E-state index < -0.39 is 29.8 Å². The van der Waals surface area contributed by atoms with Crippen molar-refractivity contribution in [3.63, 3.8) is 0 Å². The first kappa shape index (κ1) is 34.5. The molecule has 0 radical (unpaired) electrons. The van der Waals surface area contributed by atoms with Crippen LogP contribution in [0.1, 0.15) is 68.9 Å². The molecule has 44 heavy (non-hydrogen) atoms. The quantitative estimate of drug-likeness (QED) is 0.228. The number of hydrogen-bond donors (Lipinski definition) is 3. The van der Waals surface area contributed by atoms with Gasteiger partial charge in [-0.15, -0.1) is 0 Å². The molecule has 0 aliphatic rings. The number of rotatable bonds is 15. The van der Waals surface area contributed by atoms with Gasteiger partial charge in [-0.05, 0) is 78.9 Å². The van der Waals surface area contributed by atoms with Crippen molar-refractivity contribution >= 4 is 29.3 Å². The number of halogens is 2. The van der Waals surface area contributed by atoms with E-state index in [1.165, 1.54) is 42.3 Å². The minimum absolute atomic E-state index is 0.00806. The zero-order valence-electron chi connectivity index (χ0n) is 25.3.